The van der Waals surface area contributed by atoms with Gasteiger partial charge < -0.3 is 15.2 Å². The van der Waals surface area contributed by atoms with Crippen LogP contribution < -0.4 is 10.5 Å². The summed E-state index contributed by atoms with van der Waals surface area (Å²) in [7, 11) is 0. The maximum Gasteiger partial charge on any atom is 0.124 e. The van der Waals surface area contributed by atoms with E-state index in [-0.39, 0.29) is 6.04 Å². The maximum absolute atomic E-state index is 5.89. The van der Waals surface area contributed by atoms with E-state index in [1.165, 1.54) is 0 Å². The molecular formula is C13H19NO2. The van der Waals surface area contributed by atoms with E-state index in [1.807, 2.05) is 31.2 Å². The van der Waals surface area contributed by atoms with Crippen LogP contribution >= 0.6 is 0 Å². The lowest BCUT2D eigenvalue weighted by Gasteiger charge is -2.15. The van der Waals surface area contributed by atoms with E-state index >= 15 is 0 Å². The summed E-state index contributed by atoms with van der Waals surface area (Å²) >= 11 is 0. The summed E-state index contributed by atoms with van der Waals surface area (Å²) in [6, 6.07) is 7.98. The average molecular weight is 221 g/mol. The number of ether oxygens (including phenoxy) is 2. The van der Waals surface area contributed by atoms with Crippen molar-refractivity contribution < 1.29 is 9.47 Å². The molecule has 0 spiro atoms. The van der Waals surface area contributed by atoms with Crippen LogP contribution in [0.3, 0.4) is 0 Å². The van der Waals surface area contributed by atoms with E-state index in [4.69, 9.17) is 15.2 Å². The SMILES string of the molecule is C[C@@H](N)c1ccccc1OCC1CCOC1. The Morgan fingerprint density at radius 1 is 1.50 bits per heavy atom. The van der Waals surface area contributed by atoms with E-state index in [2.05, 4.69) is 0 Å². The highest BCUT2D eigenvalue weighted by atomic mass is 16.5. The number of rotatable bonds is 4. The first-order valence-electron chi connectivity index (χ1n) is 5.82. The Balaban J connectivity index is 1.97. The molecule has 0 aromatic heterocycles. The summed E-state index contributed by atoms with van der Waals surface area (Å²) in [6.45, 7) is 4.38. The Labute approximate surface area is 96.5 Å². The van der Waals surface area contributed by atoms with E-state index in [1.54, 1.807) is 0 Å². The minimum absolute atomic E-state index is 0.0102. The van der Waals surface area contributed by atoms with Gasteiger partial charge in [-0.3, -0.25) is 0 Å². The molecule has 0 saturated carbocycles. The van der Waals surface area contributed by atoms with Gasteiger partial charge in [0.05, 0.1) is 13.2 Å². The van der Waals surface area contributed by atoms with Gasteiger partial charge in [-0.2, -0.15) is 0 Å². The third-order valence-corrected chi connectivity index (χ3v) is 2.91. The molecule has 0 amide bonds. The molecule has 1 aromatic carbocycles. The second-order valence-electron chi connectivity index (χ2n) is 4.37. The smallest absolute Gasteiger partial charge is 0.124 e. The van der Waals surface area contributed by atoms with E-state index in [9.17, 15) is 0 Å². The molecule has 1 aliphatic rings. The lowest BCUT2D eigenvalue weighted by Crippen LogP contribution is -2.14. The molecule has 1 aromatic rings. The quantitative estimate of drug-likeness (QED) is 0.847. The van der Waals surface area contributed by atoms with Crippen molar-refractivity contribution in [2.45, 2.75) is 19.4 Å². The van der Waals surface area contributed by atoms with Crippen molar-refractivity contribution in [2.75, 3.05) is 19.8 Å². The number of hydrogen-bond acceptors (Lipinski definition) is 3. The summed E-state index contributed by atoms with van der Waals surface area (Å²) in [6.07, 6.45) is 1.10. The third-order valence-electron chi connectivity index (χ3n) is 2.91. The standard InChI is InChI=1S/C13H19NO2/c1-10(14)12-4-2-3-5-13(12)16-9-11-6-7-15-8-11/h2-5,10-11H,6-9,14H2,1H3/t10-,11?/m1/s1. The van der Waals surface area contributed by atoms with Gasteiger partial charge in [-0.1, -0.05) is 18.2 Å². The largest absolute Gasteiger partial charge is 0.493 e. The van der Waals surface area contributed by atoms with Gasteiger partial charge in [-0.25, -0.2) is 0 Å². The summed E-state index contributed by atoms with van der Waals surface area (Å²) in [5.41, 5.74) is 6.96. The highest BCUT2D eigenvalue weighted by Crippen LogP contribution is 2.24. The number of para-hydroxylation sites is 1. The Morgan fingerprint density at radius 3 is 3.00 bits per heavy atom. The van der Waals surface area contributed by atoms with Crippen molar-refractivity contribution in [2.24, 2.45) is 11.7 Å². The molecule has 1 aliphatic heterocycles. The van der Waals surface area contributed by atoms with Gasteiger partial charge >= 0.3 is 0 Å². The van der Waals surface area contributed by atoms with Crippen LogP contribution in [0, 0.1) is 5.92 Å². The van der Waals surface area contributed by atoms with Gasteiger partial charge in [0.25, 0.3) is 0 Å². The zero-order valence-electron chi connectivity index (χ0n) is 9.69. The van der Waals surface area contributed by atoms with Crippen molar-refractivity contribution in [3.8, 4) is 5.75 Å². The lowest BCUT2D eigenvalue weighted by molar-refractivity contribution is 0.166. The Morgan fingerprint density at radius 2 is 2.31 bits per heavy atom. The molecule has 0 bridgehead atoms. The first kappa shape index (κ1) is 11.4. The van der Waals surface area contributed by atoms with Crippen LogP contribution in [0.4, 0.5) is 0 Å². The van der Waals surface area contributed by atoms with Crippen molar-refractivity contribution in [3.63, 3.8) is 0 Å². The van der Waals surface area contributed by atoms with Gasteiger partial charge in [0.2, 0.25) is 0 Å². The highest BCUT2D eigenvalue weighted by Gasteiger charge is 2.17. The van der Waals surface area contributed by atoms with E-state index < -0.39 is 0 Å². The normalized spacial score (nSPS) is 22.0. The van der Waals surface area contributed by atoms with Crippen molar-refractivity contribution >= 4 is 0 Å². The van der Waals surface area contributed by atoms with Gasteiger partial charge in [-0.15, -0.1) is 0 Å². The minimum Gasteiger partial charge on any atom is -0.493 e. The van der Waals surface area contributed by atoms with Crippen LogP contribution in [-0.4, -0.2) is 19.8 Å². The monoisotopic (exact) mass is 221 g/mol. The van der Waals surface area contributed by atoms with Crippen molar-refractivity contribution in [1.82, 2.24) is 0 Å². The second-order valence-corrected chi connectivity index (χ2v) is 4.37. The molecule has 0 aliphatic carbocycles. The summed E-state index contributed by atoms with van der Waals surface area (Å²) in [5, 5.41) is 0. The molecule has 1 unspecified atom stereocenters. The summed E-state index contributed by atoms with van der Waals surface area (Å²) in [5.74, 6) is 1.44. The van der Waals surface area contributed by atoms with Crippen LogP contribution in [0.25, 0.3) is 0 Å². The summed E-state index contributed by atoms with van der Waals surface area (Å²) < 4.78 is 11.1. The topological polar surface area (TPSA) is 44.5 Å². The Bertz CT molecular complexity index is 332. The van der Waals surface area contributed by atoms with Gasteiger partial charge in [0.1, 0.15) is 5.75 Å². The first-order valence-corrected chi connectivity index (χ1v) is 5.82. The number of nitrogens with two attached hydrogens (primary N) is 1. The van der Waals surface area contributed by atoms with Crippen LogP contribution in [0.1, 0.15) is 24.9 Å². The van der Waals surface area contributed by atoms with Crippen molar-refractivity contribution in [3.05, 3.63) is 29.8 Å². The first-order chi connectivity index (χ1) is 7.77. The van der Waals surface area contributed by atoms with Crippen LogP contribution in [0.2, 0.25) is 0 Å². The fourth-order valence-corrected chi connectivity index (χ4v) is 1.91. The molecule has 3 nitrogen and oxygen atoms in total. The molecule has 1 heterocycles. The molecule has 88 valence electrons. The second kappa shape index (κ2) is 5.32. The Hall–Kier alpha value is -1.06. The average Bonchev–Trinajstić information content (AvgIpc) is 2.79. The minimum atomic E-state index is 0.0102. The van der Waals surface area contributed by atoms with Crippen LogP contribution in [-0.2, 0) is 4.74 Å². The van der Waals surface area contributed by atoms with Crippen molar-refractivity contribution in [1.29, 1.82) is 0 Å². The predicted octanol–water partition coefficient (Wildman–Crippen LogP) is 2.12. The van der Waals surface area contributed by atoms with E-state index in [0.717, 1.165) is 37.6 Å². The fraction of sp³-hybridized carbons (Fsp3) is 0.538. The highest BCUT2D eigenvalue weighted by molar-refractivity contribution is 5.35. The Kier molecular flexibility index (Phi) is 3.80. The fourth-order valence-electron chi connectivity index (χ4n) is 1.91. The molecule has 2 atom stereocenters. The molecule has 2 rings (SSSR count). The summed E-state index contributed by atoms with van der Waals surface area (Å²) in [4.78, 5) is 0. The van der Waals surface area contributed by atoms with Crippen LogP contribution in [0.5, 0.6) is 5.75 Å². The molecule has 1 saturated heterocycles. The van der Waals surface area contributed by atoms with Gasteiger partial charge in [0, 0.05) is 24.1 Å². The maximum atomic E-state index is 5.89. The van der Waals surface area contributed by atoms with Gasteiger partial charge in [0.15, 0.2) is 0 Å². The molecule has 16 heavy (non-hydrogen) atoms. The lowest BCUT2D eigenvalue weighted by atomic mass is 10.1. The number of benzene rings is 1. The third kappa shape index (κ3) is 2.74. The molecular weight excluding hydrogens is 202 g/mol. The zero-order valence-corrected chi connectivity index (χ0v) is 9.69. The predicted molar refractivity (Wildman–Crippen MR) is 63.5 cm³/mol. The van der Waals surface area contributed by atoms with Crippen LogP contribution in [0.15, 0.2) is 24.3 Å². The van der Waals surface area contributed by atoms with E-state index in [0.29, 0.717) is 5.92 Å². The molecule has 2 N–H and O–H groups in total. The number of hydrogen-bond donors (Lipinski definition) is 1. The zero-order chi connectivity index (χ0) is 11.4. The molecule has 0 radical (unpaired) electrons. The molecule has 1 fully saturated rings. The van der Waals surface area contributed by atoms with Gasteiger partial charge in [-0.05, 0) is 19.4 Å². The molecule has 3 heteroatoms.